The van der Waals surface area contributed by atoms with Gasteiger partial charge in [0.25, 0.3) is 0 Å². The Kier molecular flexibility index (Phi) is 4.27. The lowest BCUT2D eigenvalue weighted by Gasteiger charge is -2.10. The molecule has 1 aromatic rings. The fourth-order valence-electron chi connectivity index (χ4n) is 1.03. The summed E-state index contributed by atoms with van der Waals surface area (Å²) < 4.78 is 26.5. The predicted octanol–water partition coefficient (Wildman–Crippen LogP) is 0.930. The molecule has 15 heavy (non-hydrogen) atoms. The van der Waals surface area contributed by atoms with Gasteiger partial charge in [0.2, 0.25) is 10.0 Å². The van der Waals surface area contributed by atoms with Crippen molar-refractivity contribution in [3.8, 4) is 0 Å². The van der Waals surface area contributed by atoms with Crippen LogP contribution in [0.15, 0.2) is 15.7 Å². The maximum Gasteiger partial charge on any atom is 0.250 e. The van der Waals surface area contributed by atoms with Gasteiger partial charge in [0.1, 0.15) is 4.21 Å². The second-order valence-electron chi connectivity index (χ2n) is 3.58. The van der Waals surface area contributed by atoms with Gasteiger partial charge < -0.3 is 5.73 Å². The van der Waals surface area contributed by atoms with Gasteiger partial charge in [0.15, 0.2) is 0 Å². The minimum absolute atomic E-state index is 0.153. The van der Waals surface area contributed by atoms with Gasteiger partial charge in [-0.2, -0.15) is 0 Å². The first-order valence-electron chi connectivity index (χ1n) is 4.71. The van der Waals surface area contributed by atoms with Crippen LogP contribution < -0.4 is 10.5 Å². The maximum atomic E-state index is 11.8. The topological polar surface area (TPSA) is 72.2 Å². The minimum Gasteiger partial charge on any atom is -0.330 e. The van der Waals surface area contributed by atoms with Gasteiger partial charge in [0.05, 0.1) is 0 Å². The molecule has 1 atom stereocenters. The summed E-state index contributed by atoms with van der Waals surface area (Å²) in [6.45, 7) is 4.56. The molecule has 1 rings (SSSR count). The van der Waals surface area contributed by atoms with Gasteiger partial charge in [0, 0.05) is 6.54 Å². The first kappa shape index (κ1) is 12.6. The molecule has 0 aliphatic rings. The Morgan fingerprint density at radius 1 is 1.60 bits per heavy atom. The second-order valence-corrected chi connectivity index (χ2v) is 6.46. The van der Waals surface area contributed by atoms with Crippen molar-refractivity contribution in [2.24, 2.45) is 11.7 Å². The number of sulfonamides is 1. The fraction of sp³-hybridized carbons (Fsp3) is 0.556. The monoisotopic (exact) mass is 248 g/mol. The third-order valence-electron chi connectivity index (χ3n) is 2.08. The van der Waals surface area contributed by atoms with E-state index >= 15 is 0 Å². The zero-order valence-corrected chi connectivity index (χ0v) is 10.5. The van der Waals surface area contributed by atoms with Crippen molar-refractivity contribution in [3.05, 3.63) is 17.0 Å². The zero-order valence-electron chi connectivity index (χ0n) is 8.86. The Balaban J connectivity index is 2.73. The number of rotatable bonds is 5. The number of nitrogens with one attached hydrogen (secondary N) is 1. The van der Waals surface area contributed by atoms with Crippen molar-refractivity contribution in [1.29, 1.82) is 0 Å². The van der Waals surface area contributed by atoms with Gasteiger partial charge >= 0.3 is 0 Å². The van der Waals surface area contributed by atoms with E-state index in [1.165, 1.54) is 11.3 Å². The molecule has 0 radical (unpaired) electrons. The van der Waals surface area contributed by atoms with Crippen molar-refractivity contribution in [2.75, 3.05) is 13.1 Å². The zero-order chi connectivity index (χ0) is 11.5. The summed E-state index contributed by atoms with van der Waals surface area (Å²) in [4.78, 5) is 0. The van der Waals surface area contributed by atoms with Crippen LogP contribution in [0.25, 0.3) is 0 Å². The van der Waals surface area contributed by atoms with Crippen molar-refractivity contribution >= 4 is 21.4 Å². The van der Waals surface area contributed by atoms with Crippen molar-refractivity contribution in [3.63, 3.8) is 0 Å². The van der Waals surface area contributed by atoms with Crippen LogP contribution in [0.4, 0.5) is 0 Å². The fourth-order valence-corrected chi connectivity index (χ4v) is 3.66. The molecular weight excluding hydrogens is 232 g/mol. The predicted molar refractivity (Wildman–Crippen MR) is 62.5 cm³/mol. The van der Waals surface area contributed by atoms with Gasteiger partial charge in [-0.1, -0.05) is 6.92 Å². The van der Waals surface area contributed by atoms with E-state index in [1.54, 1.807) is 18.4 Å². The maximum absolute atomic E-state index is 11.8. The van der Waals surface area contributed by atoms with Gasteiger partial charge in [-0.3, -0.25) is 0 Å². The molecule has 0 bridgehead atoms. The summed E-state index contributed by atoms with van der Waals surface area (Å²) in [6, 6.07) is 1.80. The molecule has 1 unspecified atom stereocenters. The molecule has 0 amide bonds. The molecule has 6 heteroatoms. The van der Waals surface area contributed by atoms with Crippen LogP contribution in [0.3, 0.4) is 0 Å². The Bertz CT molecular complexity index is 412. The molecule has 0 aliphatic heterocycles. The van der Waals surface area contributed by atoms with E-state index < -0.39 is 10.0 Å². The molecule has 1 heterocycles. The van der Waals surface area contributed by atoms with Crippen molar-refractivity contribution in [2.45, 2.75) is 18.1 Å². The lowest BCUT2D eigenvalue weighted by Crippen LogP contribution is -2.31. The van der Waals surface area contributed by atoms with E-state index in [2.05, 4.69) is 4.72 Å². The molecular formula is C9H16N2O2S2. The summed E-state index contributed by atoms with van der Waals surface area (Å²) >= 11 is 1.23. The number of hydrogen-bond donors (Lipinski definition) is 2. The highest BCUT2D eigenvalue weighted by atomic mass is 32.2. The molecule has 0 saturated heterocycles. The van der Waals surface area contributed by atoms with Crippen molar-refractivity contribution < 1.29 is 8.42 Å². The Labute approximate surface area is 94.5 Å². The van der Waals surface area contributed by atoms with Crippen LogP contribution in [-0.4, -0.2) is 21.5 Å². The van der Waals surface area contributed by atoms with Gasteiger partial charge in [-0.05, 0) is 36.4 Å². The largest absolute Gasteiger partial charge is 0.330 e. The molecule has 0 aromatic carbocycles. The number of aryl methyl sites for hydroxylation is 1. The molecule has 4 nitrogen and oxygen atoms in total. The summed E-state index contributed by atoms with van der Waals surface area (Å²) in [5, 5.41) is 1.77. The normalized spacial score (nSPS) is 14.1. The second kappa shape index (κ2) is 5.07. The molecule has 3 N–H and O–H groups in total. The minimum atomic E-state index is -3.34. The molecule has 1 aromatic heterocycles. The third-order valence-corrected chi connectivity index (χ3v) is 5.20. The molecule has 0 aliphatic carbocycles. The molecule has 0 fully saturated rings. The van der Waals surface area contributed by atoms with Crippen LogP contribution in [-0.2, 0) is 10.0 Å². The average molecular weight is 248 g/mol. The van der Waals surface area contributed by atoms with Crippen molar-refractivity contribution in [1.82, 2.24) is 4.72 Å². The van der Waals surface area contributed by atoms with E-state index in [0.29, 0.717) is 17.3 Å². The van der Waals surface area contributed by atoms with E-state index in [9.17, 15) is 8.42 Å². The number of hydrogen-bond acceptors (Lipinski definition) is 4. The lowest BCUT2D eigenvalue weighted by molar-refractivity contribution is 0.546. The van der Waals surface area contributed by atoms with Crippen LogP contribution in [0.1, 0.15) is 12.5 Å². The van der Waals surface area contributed by atoms with E-state index in [1.807, 2.05) is 6.92 Å². The van der Waals surface area contributed by atoms with Crippen LogP contribution in [0, 0.1) is 12.8 Å². The summed E-state index contributed by atoms with van der Waals surface area (Å²) in [5.74, 6) is 0.153. The smallest absolute Gasteiger partial charge is 0.250 e. The Morgan fingerprint density at radius 3 is 2.73 bits per heavy atom. The molecule has 0 spiro atoms. The molecule has 86 valence electrons. The summed E-state index contributed by atoms with van der Waals surface area (Å²) in [5.41, 5.74) is 6.20. The highest BCUT2D eigenvalue weighted by molar-refractivity contribution is 7.91. The average Bonchev–Trinajstić information content (AvgIpc) is 2.61. The quantitative estimate of drug-likeness (QED) is 0.814. The summed E-state index contributed by atoms with van der Waals surface area (Å²) in [6.07, 6.45) is 0. The highest BCUT2D eigenvalue weighted by Crippen LogP contribution is 2.21. The highest BCUT2D eigenvalue weighted by Gasteiger charge is 2.18. The number of thiophene rings is 1. The van der Waals surface area contributed by atoms with E-state index in [4.69, 9.17) is 5.73 Å². The SMILES string of the molecule is Cc1ccsc1S(=O)(=O)NCC(C)CN. The van der Waals surface area contributed by atoms with Gasteiger partial charge in [-0.25, -0.2) is 13.1 Å². The third kappa shape index (κ3) is 3.27. The van der Waals surface area contributed by atoms with Gasteiger partial charge in [-0.15, -0.1) is 11.3 Å². The van der Waals surface area contributed by atoms with Crippen LogP contribution in [0.2, 0.25) is 0 Å². The van der Waals surface area contributed by atoms with E-state index in [-0.39, 0.29) is 5.92 Å². The Morgan fingerprint density at radius 2 is 2.27 bits per heavy atom. The first-order valence-corrected chi connectivity index (χ1v) is 7.07. The van der Waals surface area contributed by atoms with E-state index in [0.717, 1.165) is 5.56 Å². The summed E-state index contributed by atoms with van der Waals surface area (Å²) in [7, 11) is -3.34. The van der Waals surface area contributed by atoms with Crippen LogP contribution in [0.5, 0.6) is 0 Å². The number of nitrogens with two attached hydrogens (primary N) is 1. The standard InChI is InChI=1S/C9H16N2O2S2/c1-7(5-10)6-11-15(12,13)9-8(2)3-4-14-9/h3-4,7,11H,5-6,10H2,1-2H3. The Hall–Kier alpha value is -0.430. The first-order chi connectivity index (χ1) is 6.97. The molecule has 0 saturated carbocycles. The lowest BCUT2D eigenvalue weighted by atomic mass is 10.2. The van der Waals surface area contributed by atoms with Crippen LogP contribution >= 0.6 is 11.3 Å².